The summed E-state index contributed by atoms with van der Waals surface area (Å²) >= 11 is 0. The summed E-state index contributed by atoms with van der Waals surface area (Å²) in [6.45, 7) is 6.21. The molecule has 138 valence electrons. The van der Waals surface area contributed by atoms with E-state index in [0.717, 1.165) is 28.7 Å². The highest BCUT2D eigenvalue weighted by molar-refractivity contribution is 5.91. The number of carbonyl (C=O) groups excluding carboxylic acids is 1. The minimum Gasteiger partial charge on any atom is -0.462 e. The fourth-order valence-electron chi connectivity index (χ4n) is 2.84. The third kappa shape index (κ3) is 5.46. The minimum absolute atomic E-state index is 0.300. The zero-order chi connectivity index (χ0) is 19.2. The van der Waals surface area contributed by atoms with E-state index >= 15 is 0 Å². The Hall–Kier alpha value is -2.59. The lowest BCUT2D eigenvalue weighted by Crippen LogP contribution is -2.32. The van der Waals surface area contributed by atoms with Gasteiger partial charge in [-0.1, -0.05) is 30.3 Å². The molecule has 0 aliphatic rings. The lowest BCUT2D eigenvalue weighted by molar-refractivity contribution is 0.0526. The summed E-state index contributed by atoms with van der Waals surface area (Å²) in [6.07, 6.45) is 2.74. The normalized spacial score (nSPS) is 12.0. The van der Waals surface area contributed by atoms with E-state index in [4.69, 9.17) is 10.5 Å². The van der Waals surface area contributed by atoms with Crippen LogP contribution in [0.15, 0.2) is 54.7 Å². The van der Waals surface area contributed by atoms with E-state index in [-0.39, 0.29) is 11.5 Å². The molecular formula is C22H28N2O2. The first kappa shape index (κ1) is 19.7. The maximum absolute atomic E-state index is 12.0. The first-order valence-corrected chi connectivity index (χ1v) is 8.87. The van der Waals surface area contributed by atoms with E-state index in [0.29, 0.717) is 12.2 Å². The number of nitrogens with one attached hydrogen (secondary N) is 1. The molecule has 2 aromatic carbocycles. The van der Waals surface area contributed by atoms with Gasteiger partial charge in [-0.3, -0.25) is 0 Å². The standard InChI is InChI=1S/C22H28N2O2/c1-5-26-21(25)19-11-7-9-17(13-19)16-8-6-10-18(12-16)20(15-24-4)14-22(2,3)23/h6-13,15,24H,5,14,23H2,1-4H3/b20-15-. The zero-order valence-electron chi connectivity index (χ0n) is 16.0. The van der Waals surface area contributed by atoms with Crippen molar-refractivity contribution in [2.24, 2.45) is 5.73 Å². The number of benzene rings is 2. The van der Waals surface area contributed by atoms with Crippen LogP contribution in [0.25, 0.3) is 16.7 Å². The molecule has 0 heterocycles. The largest absolute Gasteiger partial charge is 0.462 e. The van der Waals surface area contributed by atoms with Crippen molar-refractivity contribution in [2.75, 3.05) is 13.7 Å². The van der Waals surface area contributed by atoms with Crippen molar-refractivity contribution >= 4 is 11.5 Å². The molecule has 0 spiro atoms. The number of nitrogens with two attached hydrogens (primary N) is 1. The summed E-state index contributed by atoms with van der Waals surface area (Å²) in [6, 6.07) is 15.8. The predicted octanol–water partition coefficient (Wildman–Crippen LogP) is 4.22. The minimum atomic E-state index is -0.303. The van der Waals surface area contributed by atoms with Crippen LogP contribution in [0, 0.1) is 0 Å². The fourth-order valence-corrected chi connectivity index (χ4v) is 2.84. The molecule has 2 aromatic rings. The van der Waals surface area contributed by atoms with Crippen molar-refractivity contribution in [1.82, 2.24) is 5.32 Å². The molecule has 0 aliphatic carbocycles. The topological polar surface area (TPSA) is 64.3 Å². The van der Waals surface area contributed by atoms with Crippen LogP contribution in [-0.4, -0.2) is 25.2 Å². The van der Waals surface area contributed by atoms with Crippen LogP contribution in [0.2, 0.25) is 0 Å². The molecule has 0 aromatic heterocycles. The number of hydrogen-bond donors (Lipinski definition) is 2. The number of hydrogen-bond acceptors (Lipinski definition) is 4. The molecule has 4 heteroatoms. The SMILES string of the molecule is CCOC(=O)c1cccc(-c2cccc(/C(=C\NC)CC(C)(C)N)c2)c1. The van der Waals surface area contributed by atoms with E-state index < -0.39 is 0 Å². The highest BCUT2D eigenvalue weighted by Crippen LogP contribution is 2.28. The van der Waals surface area contributed by atoms with Crippen molar-refractivity contribution in [3.8, 4) is 11.1 Å². The Balaban J connectivity index is 2.38. The first-order valence-electron chi connectivity index (χ1n) is 8.87. The average Bonchev–Trinajstić information content (AvgIpc) is 2.61. The second-order valence-electron chi connectivity index (χ2n) is 7.01. The number of rotatable bonds is 7. The van der Waals surface area contributed by atoms with Crippen LogP contribution >= 0.6 is 0 Å². The molecule has 0 amide bonds. The van der Waals surface area contributed by atoms with Crippen LogP contribution in [0.3, 0.4) is 0 Å². The molecule has 0 saturated heterocycles. The Morgan fingerprint density at radius 1 is 1.12 bits per heavy atom. The van der Waals surface area contributed by atoms with Gasteiger partial charge in [0.15, 0.2) is 0 Å². The van der Waals surface area contributed by atoms with Crippen LogP contribution in [0.5, 0.6) is 0 Å². The highest BCUT2D eigenvalue weighted by Gasteiger charge is 2.15. The Morgan fingerprint density at radius 3 is 2.23 bits per heavy atom. The van der Waals surface area contributed by atoms with Crippen LogP contribution < -0.4 is 11.1 Å². The van der Waals surface area contributed by atoms with Crippen molar-refractivity contribution in [1.29, 1.82) is 0 Å². The van der Waals surface area contributed by atoms with Gasteiger partial charge in [0.05, 0.1) is 12.2 Å². The van der Waals surface area contributed by atoms with Gasteiger partial charge in [-0.25, -0.2) is 4.79 Å². The molecule has 3 N–H and O–H groups in total. The molecule has 0 bridgehead atoms. The monoisotopic (exact) mass is 352 g/mol. The van der Waals surface area contributed by atoms with Gasteiger partial charge in [-0.15, -0.1) is 0 Å². The average molecular weight is 352 g/mol. The summed E-state index contributed by atoms with van der Waals surface area (Å²) < 4.78 is 5.10. The molecule has 0 aliphatic heterocycles. The van der Waals surface area contributed by atoms with E-state index in [1.54, 1.807) is 13.0 Å². The van der Waals surface area contributed by atoms with Crippen molar-refractivity contribution in [3.63, 3.8) is 0 Å². The van der Waals surface area contributed by atoms with Crippen LogP contribution in [-0.2, 0) is 4.74 Å². The molecule has 0 fully saturated rings. The number of carbonyl (C=O) groups is 1. The third-order valence-corrected chi connectivity index (χ3v) is 3.91. The Kier molecular flexibility index (Phi) is 6.58. The quantitative estimate of drug-likeness (QED) is 0.732. The smallest absolute Gasteiger partial charge is 0.338 e. The molecule has 0 saturated carbocycles. The van der Waals surface area contributed by atoms with Crippen LogP contribution in [0.4, 0.5) is 0 Å². The van der Waals surface area contributed by atoms with Crippen molar-refractivity contribution in [2.45, 2.75) is 32.7 Å². The van der Waals surface area contributed by atoms with Crippen molar-refractivity contribution < 1.29 is 9.53 Å². The molecule has 0 atom stereocenters. The predicted molar refractivity (Wildman–Crippen MR) is 108 cm³/mol. The lowest BCUT2D eigenvalue weighted by atomic mass is 9.90. The maximum Gasteiger partial charge on any atom is 0.338 e. The fraction of sp³-hybridized carbons (Fsp3) is 0.318. The van der Waals surface area contributed by atoms with E-state index in [9.17, 15) is 4.79 Å². The molecule has 0 unspecified atom stereocenters. The molecule has 0 radical (unpaired) electrons. The first-order chi connectivity index (χ1) is 12.3. The van der Waals surface area contributed by atoms with Gasteiger partial charge in [-0.05, 0) is 67.7 Å². The molecule has 4 nitrogen and oxygen atoms in total. The second kappa shape index (κ2) is 8.68. The van der Waals surface area contributed by atoms with Crippen molar-refractivity contribution in [3.05, 3.63) is 65.9 Å². The number of esters is 1. The van der Waals surface area contributed by atoms with Gasteiger partial charge >= 0.3 is 5.97 Å². The Bertz CT molecular complexity index is 789. The summed E-state index contributed by atoms with van der Waals surface area (Å²) in [4.78, 5) is 12.0. The highest BCUT2D eigenvalue weighted by atomic mass is 16.5. The summed E-state index contributed by atoms with van der Waals surface area (Å²) in [5.74, 6) is -0.300. The van der Waals surface area contributed by atoms with Gasteiger partial charge in [0.1, 0.15) is 0 Å². The summed E-state index contributed by atoms with van der Waals surface area (Å²) in [7, 11) is 1.89. The maximum atomic E-state index is 12.0. The van der Waals surface area contributed by atoms with Gasteiger partial charge < -0.3 is 15.8 Å². The second-order valence-corrected chi connectivity index (χ2v) is 7.01. The van der Waals surface area contributed by atoms with Gasteiger partial charge in [-0.2, -0.15) is 0 Å². The zero-order valence-corrected chi connectivity index (χ0v) is 16.0. The van der Waals surface area contributed by atoms with Gasteiger partial charge in [0.2, 0.25) is 0 Å². The lowest BCUT2D eigenvalue weighted by Gasteiger charge is -2.21. The van der Waals surface area contributed by atoms with E-state index in [1.165, 1.54) is 0 Å². The molecule has 26 heavy (non-hydrogen) atoms. The van der Waals surface area contributed by atoms with Gasteiger partial charge in [0.25, 0.3) is 0 Å². The Labute approximate surface area is 156 Å². The molecular weight excluding hydrogens is 324 g/mol. The third-order valence-electron chi connectivity index (χ3n) is 3.91. The van der Waals surface area contributed by atoms with Gasteiger partial charge in [0, 0.05) is 18.8 Å². The van der Waals surface area contributed by atoms with Crippen LogP contribution in [0.1, 0.15) is 43.1 Å². The summed E-state index contributed by atoms with van der Waals surface area (Å²) in [5, 5.41) is 3.11. The summed E-state index contributed by atoms with van der Waals surface area (Å²) in [5.41, 5.74) is 10.7. The van der Waals surface area contributed by atoms with E-state index in [1.807, 2.05) is 57.4 Å². The number of ether oxygens (including phenoxy) is 1. The van der Waals surface area contributed by atoms with E-state index in [2.05, 4.69) is 17.4 Å². The molecule has 2 rings (SSSR count). The Morgan fingerprint density at radius 2 is 1.69 bits per heavy atom.